The third-order valence-electron chi connectivity index (χ3n) is 5.36. The van der Waals surface area contributed by atoms with E-state index in [9.17, 15) is 26.7 Å². The number of nitrogens with zero attached hydrogens (tertiary/aromatic N) is 6. The number of amides is 1. The summed E-state index contributed by atoms with van der Waals surface area (Å²) in [6, 6.07) is 0.780. The average molecular weight is 498 g/mol. The van der Waals surface area contributed by atoms with E-state index in [0.717, 1.165) is 11.1 Å². The quantitative estimate of drug-likeness (QED) is 0.357. The predicted molar refractivity (Wildman–Crippen MR) is 117 cm³/mol. The van der Waals surface area contributed by atoms with Crippen molar-refractivity contribution in [1.82, 2.24) is 24.8 Å². The molecule has 1 amide bonds. The molecular weight excluding hydrogens is 475 g/mol. The van der Waals surface area contributed by atoms with Gasteiger partial charge in [-0.25, -0.2) is 28.7 Å². The molecule has 2 aromatic rings. The van der Waals surface area contributed by atoms with E-state index in [1.807, 2.05) is 0 Å². The first-order valence-corrected chi connectivity index (χ1v) is 10.4. The molecule has 1 saturated heterocycles. The van der Waals surface area contributed by atoms with Gasteiger partial charge in [-0.2, -0.15) is 13.2 Å². The standard InChI is InChI=1S/C21H23F5N8O/c1-12-6-20(22,23)11-34(14(12)8-32-16-10-31-15(9-33-16)21(24,25)26)19(35)17(27)13(7-28-2)18-29-4-3-5-30-18/h3-5,7,9-10,12,14H,6,8,11,27H2,1-2H3,(H,32,33). The lowest BCUT2D eigenvalue weighted by atomic mass is 9.88. The van der Waals surface area contributed by atoms with Gasteiger partial charge in [0.05, 0.1) is 30.6 Å². The van der Waals surface area contributed by atoms with Gasteiger partial charge in [0.15, 0.2) is 11.5 Å². The van der Waals surface area contributed by atoms with E-state index in [-0.39, 0.29) is 29.5 Å². The van der Waals surface area contributed by atoms with Gasteiger partial charge in [0, 0.05) is 38.6 Å². The molecule has 1 aliphatic rings. The smallest absolute Gasteiger partial charge is 0.394 e. The first kappa shape index (κ1) is 25.9. The van der Waals surface area contributed by atoms with Crippen LogP contribution in [-0.4, -0.2) is 69.1 Å². The van der Waals surface area contributed by atoms with Crippen LogP contribution in [-0.2, 0) is 11.0 Å². The van der Waals surface area contributed by atoms with E-state index < -0.39 is 48.6 Å². The Bertz CT molecular complexity index is 1090. The van der Waals surface area contributed by atoms with Gasteiger partial charge >= 0.3 is 6.18 Å². The van der Waals surface area contributed by atoms with Crippen LogP contribution in [0, 0.1) is 5.92 Å². The Morgan fingerprint density at radius 3 is 2.51 bits per heavy atom. The van der Waals surface area contributed by atoms with Crippen LogP contribution in [0.25, 0.3) is 5.57 Å². The first-order valence-electron chi connectivity index (χ1n) is 10.4. The van der Waals surface area contributed by atoms with Gasteiger partial charge in [-0.1, -0.05) is 6.92 Å². The molecule has 1 fully saturated rings. The number of hydrogen-bond donors (Lipinski definition) is 2. The van der Waals surface area contributed by atoms with Gasteiger partial charge in [-0.3, -0.25) is 9.79 Å². The summed E-state index contributed by atoms with van der Waals surface area (Å²) in [7, 11) is 1.44. The van der Waals surface area contributed by atoms with Gasteiger partial charge < -0.3 is 16.0 Å². The molecule has 9 nitrogen and oxygen atoms in total. The Hall–Kier alpha value is -3.71. The molecule has 0 aliphatic carbocycles. The molecule has 35 heavy (non-hydrogen) atoms. The number of nitrogens with two attached hydrogens (primary N) is 1. The zero-order chi connectivity index (χ0) is 25.8. The van der Waals surface area contributed by atoms with E-state index >= 15 is 0 Å². The zero-order valence-electron chi connectivity index (χ0n) is 18.8. The van der Waals surface area contributed by atoms with Crippen LogP contribution in [0.15, 0.2) is 41.5 Å². The van der Waals surface area contributed by atoms with Crippen molar-refractivity contribution >= 4 is 23.5 Å². The second kappa shape index (κ2) is 10.3. The summed E-state index contributed by atoms with van der Waals surface area (Å²) >= 11 is 0. The number of anilines is 1. The number of carbonyl (C=O) groups is 1. The minimum atomic E-state index is -4.65. The normalized spacial score (nSPS) is 21.1. The second-order valence-corrected chi connectivity index (χ2v) is 7.99. The van der Waals surface area contributed by atoms with E-state index in [1.54, 1.807) is 13.0 Å². The van der Waals surface area contributed by atoms with Crippen molar-refractivity contribution in [3.63, 3.8) is 0 Å². The monoisotopic (exact) mass is 498 g/mol. The first-order chi connectivity index (χ1) is 16.4. The lowest BCUT2D eigenvalue weighted by Crippen LogP contribution is -2.58. The molecule has 2 aromatic heterocycles. The number of piperidine rings is 1. The van der Waals surface area contributed by atoms with E-state index in [2.05, 4.69) is 30.2 Å². The van der Waals surface area contributed by atoms with Crippen molar-refractivity contribution < 1.29 is 26.7 Å². The summed E-state index contributed by atoms with van der Waals surface area (Å²) in [5.74, 6) is -4.63. The lowest BCUT2D eigenvalue weighted by Gasteiger charge is -2.43. The Kier molecular flexibility index (Phi) is 7.60. The number of alkyl halides is 5. The summed E-state index contributed by atoms with van der Waals surface area (Å²) in [5, 5.41) is 2.77. The van der Waals surface area contributed by atoms with Crippen LogP contribution >= 0.6 is 0 Å². The number of rotatable bonds is 6. The number of hydrogen-bond acceptors (Lipinski definition) is 8. The van der Waals surface area contributed by atoms with Crippen LogP contribution in [0.3, 0.4) is 0 Å². The highest BCUT2D eigenvalue weighted by atomic mass is 19.4. The molecule has 2 atom stereocenters. The second-order valence-electron chi connectivity index (χ2n) is 7.99. The van der Waals surface area contributed by atoms with Crippen molar-refractivity contribution in [3.05, 3.63) is 48.1 Å². The zero-order valence-corrected chi connectivity index (χ0v) is 18.8. The fourth-order valence-corrected chi connectivity index (χ4v) is 3.74. The van der Waals surface area contributed by atoms with Crippen LogP contribution in [0.5, 0.6) is 0 Å². The minimum absolute atomic E-state index is 0.00469. The topological polar surface area (TPSA) is 122 Å². The SMILES string of the molecule is CN=CC(=C(N)C(=O)N1CC(F)(F)CC(C)C1CNc1cnc(C(F)(F)F)cn1)c1ncccn1. The number of nitrogens with one attached hydrogen (secondary N) is 1. The van der Waals surface area contributed by atoms with Crippen LogP contribution in [0.4, 0.5) is 27.8 Å². The molecular formula is C21H23F5N8O. The summed E-state index contributed by atoms with van der Waals surface area (Å²) in [6.07, 6.45) is 0.422. The third-order valence-corrected chi connectivity index (χ3v) is 5.36. The van der Waals surface area contributed by atoms with Crippen molar-refractivity contribution in [3.8, 4) is 0 Å². The maximum Gasteiger partial charge on any atom is 0.434 e. The Morgan fingerprint density at radius 2 is 1.94 bits per heavy atom. The molecule has 0 spiro atoms. The van der Waals surface area contributed by atoms with Gasteiger partial charge in [0.1, 0.15) is 11.5 Å². The van der Waals surface area contributed by atoms with Crippen LogP contribution < -0.4 is 11.1 Å². The minimum Gasteiger partial charge on any atom is -0.394 e. The predicted octanol–water partition coefficient (Wildman–Crippen LogP) is 2.64. The maximum atomic E-state index is 14.4. The van der Waals surface area contributed by atoms with Gasteiger partial charge in [-0.05, 0) is 12.0 Å². The number of likely N-dealkylation sites (tertiary alicyclic amines) is 1. The largest absolute Gasteiger partial charge is 0.434 e. The van der Waals surface area contributed by atoms with Gasteiger partial charge in [0.25, 0.3) is 11.8 Å². The van der Waals surface area contributed by atoms with Crippen LogP contribution in [0.1, 0.15) is 24.9 Å². The molecule has 0 radical (unpaired) electrons. The van der Waals surface area contributed by atoms with E-state index in [4.69, 9.17) is 5.73 Å². The number of aromatic nitrogens is 4. The molecule has 3 N–H and O–H groups in total. The Balaban J connectivity index is 1.88. The summed E-state index contributed by atoms with van der Waals surface area (Å²) in [6.45, 7) is 0.580. The highest BCUT2D eigenvalue weighted by molar-refractivity contribution is 6.17. The van der Waals surface area contributed by atoms with Gasteiger partial charge in [0.2, 0.25) is 0 Å². The Labute approximate surface area is 197 Å². The third kappa shape index (κ3) is 6.25. The fourth-order valence-electron chi connectivity index (χ4n) is 3.74. The molecule has 1 aliphatic heterocycles. The lowest BCUT2D eigenvalue weighted by molar-refractivity contribution is -0.148. The average Bonchev–Trinajstić information content (AvgIpc) is 2.80. The fraction of sp³-hybridized carbons (Fsp3) is 0.429. The molecule has 3 rings (SSSR count). The number of allylic oxidation sites excluding steroid dienone is 1. The Morgan fingerprint density at radius 1 is 1.26 bits per heavy atom. The van der Waals surface area contributed by atoms with E-state index in [1.165, 1.54) is 25.7 Å². The molecule has 0 bridgehead atoms. The van der Waals surface area contributed by atoms with E-state index in [0.29, 0.717) is 6.20 Å². The number of halogens is 5. The molecule has 14 heteroatoms. The number of carbonyl (C=O) groups excluding carboxylic acids is 1. The molecule has 0 saturated carbocycles. The van der Waals surface area contributed by atoms with Crippen molar-refractivity contribution in [2.45, 2.75) is 31.5 Å². The molecule has 0 aromatic carbocycles. The van der Waals surface area contributed by atoms with Crippen molar-refractivity contribution in [1.29, 1.82) is 0 Å². The van der Waals surface area contributed by atoms with Gasteiger partial charge in [-0.15, -0.1) is 0 Å². The molecule has 3 heterocycles. The highest BCUT2D eigenvalue weighted by Crippen LogP contribution is 2.35. The molecule has 188 valence electrons. The summed E-state index contributed by atoms with van der Waals surface area (Å²) in [5.41, 5.74) is 4.62. The number of aliphatic imine (C=N–C) groups is 1. The summed E-state index contributed by atoms with van der Waals surface area (Å²) in [4.78, 5) is 33.2. The highest BCUT2D eigenvalue weighted by Gasteiger charge is 2.46. The summed E-state index contributed by atoms with van der Waals surface area (Å²) < 4.78 is 67.0. The van der Waals surface area contributed by atoms with Crippen molar-refractivity contribution in [2.24, 2.45) is 16.6 Å². The maximum absolute atomic E-state index is 14.4. The van der Waals surface area contributed by atoms with Crippen LogP contribution in [0.2, 0.25) is 0 Å². The van der Waals surface area contributed by atoms with Crippen molar-refractivity contribution in [2.75, 3.05) is 25.5 Å². The molecule has 2 unspecified atom stereocenters.